The summed E-state index contributed by atoms with van der Waals surface area (Å²) in [6.45, 7) is 7.79. The van der Waals surface area contributed by atoms with E-state index in [0.717, 1.165) is 23.8 Å². The first-order chi connectivity index (χ1) is 8.04. The van der Waals surface area contributed by atoms with E-state index >= 15 is 0 Å². The zero-order valence-corrected chi connectivity index (χ0v) is 11.4. The molecule has 0 spiro atoms. The van der Waals surface area contributed by atoms with Crippen LogP contribution in [0.3, 0.4) is 0 Å². The Morgan fingerprint density at radius 1 is 1.53 bits per heavy atom. The van der Waals surface area contributed by atoms with Gasteiger partial charge in [-0.15, -0.1) is 11.3 Å². The number of carbonyl (C=O) groups excluding carboxylic acids is 1. The van der Waals surface area contributed by atoms with Gasteiger partial charge in [-0.2, -0.15) is 0 Å². The summed E-state index contributed by atoms with van der Waals surface area (Å²) in [4.78, 5) is 18.4. The van der Waals surface area contributed by atoms with Crippen LogP contribution in [0.1, 0.15) is 24.5 Å². The van der Waals surface area contributed by atoms with Crippen molar-refractivity contribution in [2.45, 2.75) is 39.3 Å². The first-order valence-corrected chi connectivity index (χ1v) is 6.87. The minimum absolute atomic E-state index is 0.190. The zero-order valence-electron chi connectivity index (χ0n) is 10.6. The first kappa shape index (κ1) is 12.5. The highest BCUT2D eigenvalue weighted by Crippen LogP contribution is 2.11. The van der Waals surface area contributed by atoms with Gasteiger partial charge in [-0.1, -0.05) is 0 Å². The molecule has 2 atom stereocenters. The van der Waals surface area contributed by atoms with Gasteiger partial charge in [0, 0.05) is 30.6 Å². The second kappa shape index (κ2) is 5.14. The van der Waals surface area contributed by atoms with E-state index in [9.17, 15) is 4.79 Å². The fourth-order valence-electron chi connectivity index (χ4n) is 2.29. The molecule has 2 rings (SSSR count). The second-order valence-electron chi connectivity index (χ2n) is 4.80. The molecule has 17 heavy (non-hydrogen) atoms. The number of aryl methyl sites for hydroxylation is 1. The van der Waals surface area contributed by atoms with Crippen molar-refractivity contribution in [1.29, 1.82) is 0 Å². The van der Waals surface area contributed by atoms with Crippen molar-refractivity contribution in [2.24, 2.45) is 0 Å². The molecule has 0 bridgehead atoms. The van der Waals surface area contributed by atoms with Crippen molar-refractivity contribution in [2.75, 3.05) is 13.1 Å². The molecular formula is C12H19N3OS. The molecule has 1 aromatic rings. The van der Waals surface area contributed by atoms with Gasteiger partial charge in [-0.3, -0.25) is 4.79 Å². The van der Waals surface area contributed by atoms with Gasteiger partial charge in [0.1, 0.15) is 0 Å². The van der Waals surface area contributed by atoms with E-state index in [0.29, 0.717) is 18.5 Å². The Hall–Kier alpha value is -0.940. The topological polar surface area (TPSA) is 45.2 Å². The SMILES string of the molecule is Cc1nc(CC(=O)N2C[C@@H](C)N[C@@H](C)C2)cs1. The third kappa shape index (κ3) is 3.26. The van der Waals surface area contributed by atoms with E-state index in [4.69, 9.17) is 0 Å². The summed E-state index contributed by atoms with van der Waals surface area (Å²) in [6, 6.07) is 0.750. The highest BCUT2D eigenvalue weighted by molar-refractivity contribution is 7.09. The minimum atomic E-state index is 0.190. The molecule has 0 saturated carbocycles. The maximum Gasteiger partial charge on any atom is 0.228 e. The molecule has 0 aromatic carbocycles. The van der Waals surface area contributed by atoms with Gasteiger partial charge in [-0.05, 0) is 20.8 Å². The van der Waals surface area contributed by atoms with Crippen molar-refractivity contribution in [1.82, 2.24) is 15.2 Å². The molecule has 4 nitrogen and oxygen atoms in total. The maximum atomic E-state index is 12.1. The number of nitrogens with one attached hydrogen (secondary N) is 1. The van der Waals surface area contributed by atoms with E-state index in [-0.39, 0.29) is 5.91 Å². The molecule has 1 amide bonds. The Balaban J connectivity index is 1.95. The number of piperazine rings is 1. The van der Waals surface area contributed by atoms with Crippen LogP contribution in [0, 0.1) is 6.92 Å². The molecule has 0 unspecified atom stereocenters. The number of carbonyl (C=O) groups is 1. The number of thiazole rings is 1. The summed E-state index contributed by atoms with van der Waals surface area (Å²) in [7, 11) is 0. The summed E-state index contributed by atoms with van der Waals surface area (Å²) in [5.41, 5.74) is 0.899. The lowest BCUT2D eigenvalue weighted by atomic mass is 10.1. The van der Waals surface area contributed by atoms with Crippen LogP contribution in [0.15, 0.2) is 5.38 Å². The van der Waals surface area contributed by atoms with Crippen LogP contribution in [0.4, 0.5) is 0 Å². The Bertz CT molecular complexity index is 394. The van der Waals surface area contributed by atoms with Gasteiger partial charge in [0.05, 0.1) is 17.1 Å². The monoisotopic (exact) mass is 253 g/mol. The van der Waals surface area contributed by atoms with E-state index < -0.39 is 0 Å². The number of aromatic nitrogens is 1. The number of amides is 1. The third-order valence-electron chi connectivity index (χ3n) is 2.91. The van der Waals surface area contributed by atoms with Crippen molar-refractivity contribution in [3.05, 3.63) is 16.1 Å². The molecule has 5 heteroatoms. The van der Waals surface area contributed by atoms with Crippen LogP contribution in [-0.4, -0.2) is 41.0 Å². The summed E-state index contributed by atoms with van der Waals surface area (Å²) < 4.78 is 0. The lowest BCUT2D eigenvalue weighted by Crippen LogP contribution is -2.56. The van der Waals surface area contributed by atoms with Crippen molar-refractivity contribution in [3.8, 4) is 0 Å². The molecule has 0 aliphatic carbocycles. The molecule has 1 aliphatic heterocycles. The van der Waals surface area contributed by atoms with Crippen LogP contribution >= 0.6 is 11.3 Å². The second-order valence-corrected chi connectivity index (χ2v) is 5.86. The highest BCUT2D eigenvalue weighted by Gasteiger charge is 2.24. The van der Waals surface area contributed by atoms with E-state index in [1.54, 1.807) is 11.3 Å². The summed E-state index contributed by atoms with van der Waals surface area (Å²) >= 11 is 1.60. The van der Waals surface area contributed by atoms with Gasteiger partial charge in [-0.25, -0.2) is 4.98 Å². The fourth-order valence-corrected chi connectivity index (χ4v) is 2.90. The van der Waals surface area contributed by atoms with Gasteiger partial charge >= 0.3 is 0 Å². The molecule has 2 heterocycles. The Morgan fingerprint density at radius 2 is 2.18 bits per heavy atom. The smallest absolute Gasteiger partial charge is 0.228 e. The molecule has 1 fully saturated rings. The number of hydrogen-bond acceptors (Lipinski definition) is 4. The number of nitrogens with zero attached hydrogens (tertiary/aromatic N) is 2. The quantitative estimate of drug-likeness (QED) is 0.861. The normalized spacial score (nSPS) is 25.0. The van der Waals surface area contributed by atoms with Gasteiger partial charge in [0.25, 0.3) is 0 Å². The first-order valence-electron chi connectivity index (χ1n) is 5.99. The largest absolute Gasteiger partial charge is 0.339 e. The van der Waals surface area contributed by atoms with Crippen molar-refractivity contribution < 1.29 is 4.79 Å². The number of hydrogen-bond donors (Lipinski definition) is 1. The Morgan fingerprint density at radius 3 is 2.71 bits per heavy atom. The zero-order chi connectivity index (χ0) is 12.4. The van der Waals surface area contributed by atoms with Crippen LogP contribution in [0.2, 0.25) is 0 Å². The maximum absolute atomic E-state index is 12.1. The predicted molar refractivity (Wildman–Crippen MR) is 69.2 cm³/mol. The van der Waals surface area contributed by atoms with Gasteiger partial charge in [0.2, 0.25) is 5.91 Å². The van der Waals surface area contributed by atoms with E-state index in [2.05, 4.69) is 24.1 Å². The summed E-state index contributed by atoms with van der Waals surface area (Å²) in [6.07, 6.45) is 0.434. The average Bonchev–Trinajstić information content (AvgIpc) is 2.62. The molecule has 94 valence electrons. The van der Waals surface area contributed by atoms with Crippen LogP contribution < -0.4 is 5.32 Å². The molecular weight excluding hydrogens is 234 g/mol. The van der Waals surface area contributed by atoms with E-state index in [1.807, 2.05) is 17.2 Å². The summed E-state index contributed by atoms with van der Waals surface area (Å²) in [5, 5.41) is 6.42. The minimum Gasteiger partial charge on any atom is -0.339 e. The van der Waals surface area contributed by atoms with Gasteiger partial charge < -0.3 is 10.2 Å². The lowest BCUT2D eigenvalue weighted by molar-refractivity contribution is -0.132. The molecule has 1 N–H and O–H groups in total. The molecule has 1 aliphatic rings. The van der Waals surface area contributed by atoms with E-state index in [1.165, 1.54) is 0 Å². The fraction of sp³-hybridized carbons (Fsp3) is 0.667. The number of rotatable bonds is 2. The standard InChI is InChI=1S/C12H19N3OS/c1-8-5-15(6-9(2)13-8)12(16)4-11-7-17-10(3)14-11/h7-9,13H,4-6H2,1-3H3/t8-,9+. The highest BCUT2D eigenvalue weighted by atomic mass is 32.1. The molecule has 1 aromatic heterocycles. The van der Waals surface area contributed by atoms with Crippen LogP contribution in [0.5, 0.6) is 0 Å². The van der Waals surface area contributed by atoms with Gasteiger partial charge in [0.15, 0.2) is 0 Å². The third-order valence-corrected chi connectivity index (χ3v) is 3.73. The Labute approximate surface area is 106 Å². The average molecular weight is 253 g/mol. The van der Waals surface area contributed by atoms with Crippen LogP contribution in [0.25, 0.3) is 0 Å². The van der Waals surface area contributed by atoms with Crippen LogP contribution in [-0.2, 0) is 11.2 Å². The Kier molecular flexibility index (Phi) is 3.79. The van der Waals surface area contributed by atoms with Crippen molar-refractivity contribution >= 4 is 17.2 Å². The lowest BCUT2D eigenvalue weighted by Gasteiger charge is -2.36. The molecule has 1 saturated heterocycles. The predicted octanol–water partition coefficient (Wildman–Crippen LogP) is 1.20. The molecule has 0 radical (unpaired) electrons. The summed E-state index contributed by atoms with van der Waals surface area (Å²) in [5.74, 6) is 0.190. The van der Waals surface area contributed by atoms with Crippen molar-refractivity contribution in [3.63, 3.8) is 0 Å².